The van der Waals surface area contributed by atoms with E-state index in [0.29, 0.717) is 0 Å². The zero-order valence-corrected chi connectivity index (χ0v) is 7.32. The molecule has 0 amide bonds. The van der Waals surface area contributed by atoms with E-state index < -0.39 is 0 Å². The first-order chi connectivity index (χ1) is 6.00. The summed E-state index contributed by atoms with van der Waals surface area (Å²) in [5.41, 5.74) is 0. The average Bonchev–Trinajstić information content (AvgIpc) is 2.05. The molecule has 63 valence electrons. The van der Waals surface area contributed by atoms with Crippen molar-refractivity contribution in [3.8, 4) is 0 Å². The maximum atomic E-state index is 2.24. The van der Waals surface area contributed by atoms with Gasteiger partial charge in [-0.1, -0.05) is 48.6 Å². The minimum absolute atomic E-state index is 1.05. The van der Waals surface area contributed by atoms with Crippen LogP contribution in [0.2, 0.25) is 0 Å². The highest BCUT2D eigenvalue weighted by Crippen LogP contribution is 1.99. The van der Waals surface area contributed by atoms with E-state index in [0.717, 1.165) is 19.3 Å². The second kappa shape index (κ2) is 6.66. The lowest BCUT2D eigenvalue weighted by Crippen LogP contribution is -1.70. The molecular weight excluding hydrogens is 144 g/mol. The quantitative estimate of drug-likeness (QED) is 0.474. The molecule has 0 atom stereocenters. The molecule has 0 fully saturated rings. The Morgan fingerprint density at radius 1 is 0.583 bits per heavy atom. The van der Waals surface area contributed by atoms with Gasteiger partial charge in [-0.05, 0) is 25.7 Å². The third-order valence-electron chi connectivity index (χ3n) is 1.66. The molecule has 0 N–H and O–H groups in total. The van der Waals surface area contributed by atoms with Crippen molar-refractivity contribution in [2.24, 2.45) is 0 Å². The van der Waals surface area contributed by atoms with Gasteiger partial charge >= 0.3 is 0 Å². The highest BCUT2D eigenvalue weighted by atomic mass is 13.9. The normalized spacial score (nSPS) is 29.3. The average molecular weight is 159 g/mol. The monoisotopic (exact) mass is 159 g/mol. The van der Waals surface area contributed by atoms with E-state index in [-0.39, 0.29) is 0 Å². The van der Waals surface area contributed by atoms with Gasteiger partial charge in [0, 0.05) is 0 Å². The molecule has 0 heterocycles. The Balaban J connectivity index is 2.42. The molecule has 0 saturated carbocycles. The number of hydrogen-bond acceptors (Lipinski definition) is 0. The second-order valence-electron chi connectivity index (χ2n) is 2.72. The Labute approximate surface area is 75.0 Å². The minimum atomic E-state index is 1.05. The molecule has 0 unspecified atom stereocenters. The van der Waals surface area contributed by atoms with Gasteiger partial charge in [0.2, 0.25) is 0 Å². The third-order valence-corrected chi connectivity index (χ3v) is 1.66. The van der Waals surface area contributed by atoms with Crippen LogP contribution in [-0.2, 0) is 0 Å². The van der Waals surface area contributed by atoms with Crippen molar-refractivity contribution in [2.45, 2.75) is 19.3 Å². The van der Waals surface area contributed by atoms with Crippen molar-refractivity contribution in [1.82, 2.24) is 0 Å². The Kier molecular flexibility index (Phi) is 5.02. The van der Waals surface area contributed by atoms with E-state index in [2.05, 4.69) is 55.0 Å². The van der Waals surface area contributed by atoms with E-state index in [1.165, 1.54) is 0 Å². The Morgan fingerprint density at radius 2 is 1.42 bits per heavy atom. The van der Waals surface area contributed by atoms with Gasteiger partial charge in [0.1, 0.15) is 0 Å². The summed E-state index contributed by atoms with van der Waals surface area (Å²) in [6.07, 6.45) is 22.5. The molecule has 0 aliphatic heterocycles. The van der Waals surface area contributed by atoms with Gasteiger partial charge in [0.25, 0.3) is 0 Å². The molecule has 0 aromatic carbocycles. The van der Waals surface area contributed by atoms with E-state index in [4.69, 9.17) is 0 Å². The zero-order valence-electron chi connectivity index (χ0n) is 7.32. The predicted molar refractivity (Wildman–Crippen MR) is 54.7 cm³/mol. The lowest BCUT2D eigenvalue weighted by molar-refractivity contribution is 0.998. The molecule has 1 rings (SSSR count). The van der Waals surface area contributed by atoms with Gasteiger partial charge in [-0.3, -0.25) is 0 Å². The molecule has 1 radical (unpaired) electrons. The van der Waals surface area contributed by atoms with Crippen LogP contribution in [-0.4, -0.2) is 0 Å². The summed E-state index contributed by atoms with van der Waals surface area (Å²) in [4.78, 5) is 0. The first kappa shape index (κ1) is 9.05. The van der Waals surface area contributed by atoms with Crippen LogP contribution in [0.1, 0.15) is 19.3 Å². The first-order valence-corrected chi connectivity index (χ1v) is 4.47. The molecular formula is C12H15. The highest BCUT2D eigenvalue weighted by Gasteiger charge is 1.80. The van der Waals surface area contributed by atoms with E-state index >= 15 is 0 Å². The van der Waals surface area contributed by atoms with Crippen molar-refractivity contribution >= 4 is 0 Å². The Hall–Kier alpha value is -1.04. The Morgan fingerprint density at radius 3 is 2.42 bits per heavy atom. The molecule has 1 aliphatic rings. The van der Waals surface area contributed by atoms with Gasteiger partial charge in [0.15, 0.2) is 0 Å². The van der Waals surface area contributed by atoms with E-state index in [1.54, 1.807) is 0 Å². The van der Waals surface area contributed by atoms with Gasteiger partial charge < -0.3 is 0 Å². The molecule has 0 nitrogen and oxygen atoms in total. The SMILES string of the molecule is [CH]1/C=C/C=C\C=C\C/C=C\CC1. The van der Waals surface area contributed by atoms with Crippen LogP contribution in [0.3, 0.4) is 0 Å². The summed E-state index contributed by atoms with van der Waals surface area (Å²) in [6.45, 7) is 0. The van der Waals surface area contributed by atoms with E-state index in [1.807, 2.05) is 0 Å². The summed E-state index contributed by atoms with van der Waals surface area (Å²) in [5, 5.41) is 0. The maximum absolute atomic E-state index is 2.24. The van der Waals surface area contributed by atoms with Crippen molar-refractivity contribution in [3.05, 3.63) is 55.0 Å². The molecule has 0 aromatic rings. The van der Waals surface area contributed by atoms with Crippen LogP contribution in [0.25, 0.3) is 0 Å². The van der Waals surface area contributed by atoms with Crippen LogP contribution >= 0.6 is 0 Å². The van der Waals surface area contributed by atoms with Crippen LogP contribution in [0.5, 0.6) is 0 Å². The Bertz CT molecular complexity index is 204. The summed E-state index contributed by atoms with van der Waals surface area (Å²) < 4.78 is 0. The summed E-state index contributed by atoms with van der Waals surface area (Å²) in [6, 6.07) is 0. The molecule has 1 aliphatic carbocycles. The van der Waals surface area contributed by atoms with Gasteiger partial charge in [-0.2, -0.15) is 0 Å². The van der Waals surface area contributed by atoms with Crippen molar-refractivity contribution in [1.29, 1.82) is 0 Å². The first-order valence-electron chi connectivity index (χ1n) is 4.47. The second-order valence-corrected chi connectivity index (χ2v) is 2.72. The van der Waals surface area contributed by atoms with Gasteiger partial charge in [-0.15, -0.1) is 0 Å². The summed E-state index contributed by atoms with van der Waals surface area (Å²) in [7, 11) is 0. The van der Waals surface area contributed by atoms with Crippen LogP contribution in [0.15, 0.2) is 48.6 Å². The number of allylic oxidation sites excluding steroid dienone is 8. The molecule has 0 heteroatoms. The van der Waals surface area contributed by atoms with Crippen LogP contribution in [0.4, 0.5) is 0 Å². The van der Waals surface area contributed by atoms with Gasteiger partial charge in [-0.25, -0.2) is 0 Å². The largest absolute Gasteiger partial charge is 0.0882 e. The molecule has 0 bridgehead atoms. The van der Waals surface area contributed by atoms with Crippen LogP contribution in [0, 0.1) is 6.42 Å². The standard InChI is InChI=1S/C12H15/c1-2-4-6-8-10-12-11-9-7-5-3-1/h1-7,10,12H,8-9,11H2/b2-1-,5-3+,6-4+,12-10-. The summed E-state index contributed by atoms with van der Waals surface area (Å²) in [5.74, 6) is 0. The molecule has 0 aromatic heterocycles. The minimum Gasteiger partial charge on any atom is -0.0882 e. The number of rotatable bonds is 0. The maximum Gasteiger partial charge on any atom is -0.0164 e. The van der Waals surface area contributed by atoms with E-state index in [9.17, 15) is 0 Å². The van der Waals surface area contributed by atoms with Crippen LogP contribution < -0.4 is 0 Å². The smallest absolute Gasteiger partial charge is 0.0164 e. The topological polar surface area (TPSA) is 0 Å². The fraction of sp³-hybridized carbons (Fsp3) is 0.250. The fourth-order valence-electron chi connectivity index (χ4n) is 1.01. The van der Waals surface area contributed by atoms with Gasteiger partial charge in [0.05, 0.1) is 0 Å². The van der Waals surface area contributed by atoms with Crippen molar-refractivity contribution in [3.63, 3.8) is 0 Å². The lowest BCUT2D eigenvalue weighted by Gasteiger charge is -1.89. The zero-order chi connectivity index (χ0) is 8.49. The molecule has 12 heavy (non-hydrogen) atoms. The molecule has 0 saturated heterocycles. The lowest BCUT2D eigenvalue weighted by atomic mass is 10.2. The fourth-order valence-corrected chi connectivity index (χ4v) is 1.01. The highest BCUT2D eigenvalue weighted by molar-refractivity contribution is 5.14. The third kappa shape index (κ3) is 4.73. The number of hydrogen-bond donors (Lipinski definition) is 0. The van der Waals surface area contributed by atoms with Crippen molar-refractivity contribution in [2.75, 3.05) is 0 Å². The molecule has 0 spiro atoms. The predicted octanol–water partition coefficient (Wildman–Crippen LogP) is 3.60. The van der Waals surface area contributed by atoms with Crippen molar-refractivity contribution < 1.29 is 0 Å². The summed E-state index contributed by atoms with van der Waals surface area (Å²) >= 11 is 0.